The number of carbonyl (C=O) groups excluding carboxylic acids is 1. The minimum Gasteiger partial charge on any atom is -0.451 e. The summed E-state index contributed by atoms with van der Waals surface area (Å²) in [5, 5.41) is 6.19. The molecular formula is C22H27N3O2S2. The number of nitrogens with one attached hydrogen (secondary N) is 1. The molecule has 3 heterocycles. The van der Waals surface area contributed by atoms with Gasteiger partial charge in [-0.15, -0.1) is 11.3 Å². The van der Waals surface area contributed by atoms with E-state index in [2.05, 4.69) is 22.1 Å². The quantitative estimate of drug-likeness (QED) is 0.530. The Labute approximate surface area is 179 Å². The first-order valence-corrected chi connectivity index (χ1v) is 12.1. The third-order valence-corrected chi connectivity index (χ3v) is 7.66. The fourth-order valence-corrected chi connectivity index (χ4v) is 5.83. The van der Waals surface area contributed by atoms with Crippen molar-refractivity contribution in [2.45, 2.75) is 49.2 Å². The Morgan fingerprint density at radius 3 is 3.03 bits per heavy atom. The molecule has 1 aliphatic rings. The van der Waals surface area contributed by atoms with Crippen LogP contribution in [-0.4, -0.2) is 41.5 Å². The molecule has 154 valence electrons. The summed E-state index contributed by atoms with van der Waals surface area (Å²) in [5.74, 6) is 0.983. The molecule has 1 aromatic carbocycles. The third kappa shape index (κ3) is 4.68. The van der Waals surface area contributed by atoms with Crippen molar-refractivity contribution in [2.24, 2.45) is 0 Å². The Morgan fingerprint density at radius 1 is 1.38 bits per heavy atom. The fraction of sp³-hybridized carbons (Fsp3) is 0.455. The summed E-state index contributed by atoms with van der Waals surface area (Å²) < 4.78 is 7.01. The Balaban J connectivity index is 1.51. The molecule has 4 rings (SSSR count). The molecule has 0 spiro atoms. The van der Waals surface area contributed by atoms with Crippen LogP contribution in [0.4, 0.5) is 0 Å². The molecule has 1 amide bonds. The maximum absolute atomic E-state index is 13.0. The number of carbonyl (C=O) groups is 1. The number of hydrogen-bond acceptors (Lipinski definition) is 6. The number of piperidine rings is 1. The summed E-state index contributed by atoms with van der Waals surface area (Å²) in [4.78, 5) is 20.0. The Hall–Kier alpha value is -1.83. The number of aryl methyl sites for hydroxylation is 1. The van der Waals surface area contributed by atoms with Gasteiger partial charge in [0.15, 0.2) is 5.76 Å². The second-order valence-electron chi connectivity index (χ2n) is 7.44. The van der Waals surface area contributed by atoms with Crippen LogP contribution in [0.2, 0.25) is 0 Å². The summed E-state index contributed by atoms with van der Waals surface area (Å²) in [6.45, 7) is 7.01. The number of likely N-dealkylation sites (N-methyl/N-ethyl adjacent to an activating group) is 1. The van der Waals surface area contributed by atoms with Crippen LogP contribution in [0.15, 0.2) is 38.4 Å². The topological polar surface area (TPSA) is 58.4 Å². The molecule has 0 bridgehead atoms. The molecule has 29 heavy (non-hydrogen) atoms. The van der Waals surface area contributed by atoms with Gasteiger partial charge in [-0.1, -0.05) is 43.3 Å². The number of benzene rings is 1. The van der Waals surface area contributed by atoms with Gasteiger partial charge in [0, 0.05) is 40.4 Å². The largest absolute Gasteiger partial charge is 0.451 e. The monoisotopic (exact) mass is 429 g/mol. The van der Waals surface area contributed by atoms with Gasteiger partial charge in [-0.3, -0.25) is 9.69 Å². The number of rotatable bonds is 7. The molecule has 1 fully saturated rings. The van der Waals surface area contributed by atoms with E-state index >= 15 is 0 Å². The van der Waals surface area contributed by atoms with E-state index in [9.17, 15) is 4.79 Å². The van der Waals surface area contributed by atoms with Crippen molar-refractivity contribution in [3.63, 3.8) is 0 Å². The molecule has 1 atom stereocenters. The van der Waals surface area contributed by atoms with E-state index in [1.807, 2.05) is 36.6 Å². The standard InChI is InChI=1S/C22H27N3O2S2/c1-3-25-11-7-6-8-16(25)12-23-21(26)20-18(14-29-22-24-15(2)13-28-22)17-9-4-5-10-19(17)27-20/h4-5,9-10,13,16H,3,6-8,11-12,14H2,1-2H3,(H,23,26). The Kier molecular flexibility index (Phi) is 6.57. The number of likely N-dealkylation sites (tertiary alicyclic amines) is 1. The number of amides is 1. The van der Waals surface area contributed by atoms with Crippen LogP contribution in [0.3, 0.4) is 0 Å². The number of thiazole rings is 1. The summed E-state index contributed by atoms with van der Waals surface area (Å²) in [5.41, 5.74) is 2.74. The summed E-state index contributed by atoms with van der Waals surface area (Å²) >= 11 is 3.29. The Bertz CT molecular complexity index is 982. The van der Waals surface area contributed by atoms with Gasteiger partial charge in [-0.2, -0.15) is 0 Å². The van der Waals surface area contributed by atoms with E-state index in [1.165, 1.54) is 12.8 Å². The number of thioether (sulfide) groups is 1. The van der Waals surface area contributed by atoms with Crippen LogP contribution in [-0.2, 0) is 5.75 Å². The summed E-state index contributed by atoms with van der Waals surface area (Å²) in [6.07, 6.45) is 3.62. The summed E-state index contributed by atoms with van der Waals surface area (Å²) in [7, 11) is 0. The van der Waals surface area contributed by atoms with Crippen LogP contribution >= 0.6 is 23.1 Å². The third-order valence-electron chi connectivity index (χ3n) is 5.50. The molecule has 1 aliphatic heterocycles. The van der Waals surface area contributed by atoms with Crippen molar-refractivity contribution in [2.75, 3.05) is 19.6 Å². The van der Waals surface area contributed by atoms with Gasteiger partial charge < -0.3 is 9.73 Å². The van der Waals surface area contributed by atoms with Gasteiger partial charge in [0.05, 0.1) is 0 Å². The maximum Gasteiger partial charge on any atom is 0.287 e. The van der Waals surface area contributed by atoms with Gasteiger partial charge in [0.25, 0.3) is 5.91 Å². The minimum atomic E-state index is -0.117. The second-order valence-corrected chi connectivity index (χ2v) is 9.52. The van der Waals surface area contributed by atoms with E-state index in [-0.39, 0.29) is 5.91 Å². The average molecular weight is 430 g/mol. The molecule has 0 saturated carbocycles. The molecule has 5 nitrogen and oxygen atoms in total. The van der Waals surface area contributed by atoms with Crippen LogP contribution in [0.1, 0.15) is 48.0 Å². The number of aromatic nitrogens is 1. The Morgan fingerprint density at radius 2 is 2.24 bits per heavy atom. The molecule has 2 aromatic heterocycles. The van der Waals surface area contributed by atoms with E-state index < -0.39 is 0 Å². The van der Waals surface area contributed by atoms with Crippen LogP contribution in [0.5, 0.6) is 0 Å². The molecule has 0 aliphatic carbocycles. The normalized spacial score (nSPS) is 17.7. The first-order chi connectivity index (χ1) is 14.2. The van der Waals surface area contributed by atoms with Crippen LogP contribution < -0.4 is 5.32 Å². The molecule has 1 saturated heterocycles. The minimum absolute atomic E-state index is 0.117. The predicted octanol–water partition coefficient (Wildman–Crippen LogP) is 5.09. The van der Waals surface area contributed by atoms with Gasteiger partial charge in [0.2, 0.25) is 0 Å². The number of para-hydroxylation sites is 1. The molecule has 0 radical (unpaired) electrons. The number of nitrogens with zero attached hydrogens (tertiary/aromatic N) is 2. The highest BCUT2D eigenvalue weighted by atomic mass is 32.2. The molecule has 7 heteroatoms. The van der Waals surface area contributed by atoms with Crippen molar-refractivity contribution < 1.29 is 9.21 Å². The van der Waals surface area contributed by atoms with E-state index in [4.69, 9.17) is 4.42 Å². The van der Waals surface area contributed by atoms with E-state index in [0.717, 1.165) is 46.1 Å². The smallest absolute Gasteiger partial charge is 0.287 e. The second kappa shape index (κ2) is 9.32. The first-order valence-electron chi connectivity index (χ1n) is 10.2. The highest BCUT2D eigenvalue weighted by Gasteiger charge is 2.24. The molecular weight excluding hydrogens is 402 g/mol. The van der Waals surface area contributed by atoms with Crippen molar-refractivity contribution in [1.29, 1.82) is 0 Å². The highest BCUT2D eigenvalue weighted by Crippen LogP contribution is 2.33. The highest BCUT2D eigenvalue weighted by molar-refractivity contribution is 8.00. The van der Waals surface area contributed by atoms with Crippen LogP contribution in [0, 0.1) is 6.92 Å². The number of furan rings is 1. The van der Waals surface area contributed by atoms with Gasteiger partial charge in [-0.25, -0.2) is 4.98 Å². The molecule has 3 aromatic rings. The van der Waals surface area contributed by atoms with Crippen LogP contribution in [0.25, 0.3) is 11.0 Å². The number of hydrogen-bond donors (Lipinski definition) is 1. The van der Waals surface area contributed by atoms with Crippen molar-refractivity contribution in [3.05, 3.63) is 46.7 Å². The lowest BCUT2D eigenvalue weighted by Crippen LogP contribution is -2.46. The first kappa shape index (κ1) is 20.4. The van der Waals surface area contributed by atoms with E-state index in [0.29, 0.717) is 24.1 Å². The molecule has 1 N–H and O–H groups in total. The SMILES string of the molecule is CCN1CCCCC1CNC(=O)c1oc2ccccc2c1CSc1nc(C)cs1. The lowest BCUT2D eigenvalue weighted by Gasteiger charge is -2.34. The predicted molar refractivity (Wildman–Crippen MR) is 120 cm³/mol. The van der Waals surface area contributed by atoms with Crippen molar-refractivity contribution in [1.82, 2.24) is 15.2 Å². The average Bonchev–Trinajstić information content (AvgIpc) is 3.33. The van der Waals surface area contributed by atoms with E-state index in [1.54, 1.807) is 23.1 Å². The zero-order chi connectivity index (χ0) is 20.2. The van der Waals surface area contributed by atoms with Gasteiger partial charge >= 0.3 is 0 Å². The summed E-state index contributed by atoms with van der Waals surface area (Å²) in [6, 6.07) is 8.29. The lowest BCUT2D eigenvalue weighted by molar-refractivity contribution is 0.0892. The number of fused-ring (bicyclic) bond motifs is 1. The van der Waals surface area contributed by atoms with Gasteiger partial charge in [-0.05, 0) is 38.9 Å². The van der Waals surface area contributed by atoms with Crippen molar-refractivity contribution in [3.8, 4) is 0 Å². The molecule has 1 unspecified atom stereocenters. The maximum atomic E-state index is 13.0. The lowest BCUT2D eigenvalue weighted by atomic mass is 10.0. The van der Waals surface area contributed by atoms with Gasteiger partial charge in [0.1, 0.15) is 9.92 Å². The zero-order valence-corrected chi connectivity index (χ0v) is 18.6. The van der Waals surface area contributed by atoms with Crippen molar-refractivity contribution >= 4 is 40.0 Å². The fourth-order valence-electron chi connectivity index (χ4n) is 3.96. The zero-order valence-electron chi connectivity index (χ0n) is 16.9.